The van der Waals surface area contributed by atoms with Gasteiger partial charge in [-0.2, -0.15) is 5.26 Å². The maximum atomic E-state index is 12.8. The first-order valence-electron chi connectivity index (χ1n) is 9.69. The smallest absolute Gasteiger partial charge is 0.228 e. The van der Waals surface area contributed by atoms with Crippen LogP contribution in [0.15, 0.2) is 29.2 Å². The lowest BCUT2D eigenvalue weighted by molar-refractivity contribution is -0.138. The van der Waals surface area contributed by atoms with Crippen LogP contribution >= 0.6 is 11.9 Å². The number of carbonyl (C=O) groups excluding carboxylic acids is 1. The number of benzene rings is 1. The van der Waals surface area contributed by atoms with Gasteiger partial charge in [0.25, 0.3) is 0 Å². The minimum atomic E-state index is 0.149. The highest BCUT2D eigenvalue weighted by atomic mass is 32.2. The van der Waals surface area contributed by atoms with Crippen molar-refractivity contribution in [3.05, 3.63) is 29.8 Å². The van der Waals surface area contributed by atoms with E-state index >= 15 is 0 Å². The Hall–Kier alpha value is -1.55. The van der Waals surface area contributed by atoms with Gasteiger partial charge in [0.2, 0.25) is 5.91 Å². The molecule has 1 aliphatic carbocycles. The summed E-state index contributed by atoms with van der Waals surface area (Å²) in [7, 11) is 0. The van der Waals surface area contributed by atoms with E-state index in [-0.39, 0.29) is 5.92 Å². The van der Waals surface area contributed by atoms with Gasteiger partial charge < -0.3 is 4.90 Å². The van der Waals surface area contributed by atoms with Gasteiger partial charge in [0.15, 0.2) is 0 Å². The van der Waals surface area contributed by atoms with Gasteiger partial charge in [-0.25, -0.2) is 4.31 Å². The lowest BCUT2D eigenvalue weighted by Gasteiger charge is -2.39. The molecule has 26 heavy (non-hydrogen) atoms. The Morgan fingerprint density at radius 2 is 1.81 bits per heavy atom. The quantitative estimate of drug-likeness (QED) is 0.763. The van der Waals surface area contributed by atoms with Gasteiger partial charge in [-0.05, 0) is 55.5 Å². The van der Waals surface area contributed by atoms with Crippen LogP contribution in [0.4, 0.5) is 0 Å². The summed E-state index contributed by atoms with van der Waals surface area (Å²) in [5.41, 5.74) is 0.683. The molecule has 1 aromatic carbocycles. The van der Waals surface area contributed by atoms with E-state index in [2.05, 4.69) is 20.2 Å². The number of nitrogens with zero attached hydrogens (tertiary/aromatic N) is 4. The van der Waals surface area contributed by atoms with E-state index in [9.17, 15) is 4.79 Å². The van der Waals surface area contributed by atoms with Crippen molar-refractivity contribution in [1.29, 1.82) is 5.26 Å². The van der Waals surface area contributed by atoms with Crippen molar-refractivity contribution in [2.24, 2.45) is 5.92 Å². The zero-order chi connectivity index (χ0) is 17.9. The molecule has 1 amide bonds. The summed E-state index contributed by atoms with van der Waals surface area (Å²) in [5.74, 6) is 0.494. The van der Waals surface area contributed by atoms with Crippen LogP contribution < -0.4 is 0 Å². The second kappa shape index (κ2) is 7.99. The first kappa shape index (κ1) is 17.8. The van der Waals surface area contributed by atoms with Crippen LogP contribution in [0, 0.1) is 17.2 Å². The third-order valence-electron chi connectivity index (χ3n) is 5.85. The fourth-order valence-corrected chi connectivity index (χ4v) is 5.01. The number of hydrogen-bond donors (Lipinski definition) is 0. The average molecular weight is 371 g/mol. The molecule has 0 atom stereocenters. The summed E-state index contributed by atoms with van der Waals surface area (Å²) in [4.78, 5) is 18.6. The van der Waals surface area contributed by atoms with Crippen molar-refractivity contribution in [2.75, 3.05) is 39.3 Å². The Bertz CT molecular complexity index is 676. The molecule has 6 heteroatoms. The lowest BCUT2D eigenvalue weighted by atomic mass is 9.91. The summed E-state index contributed by atoms with van der Waals surface area (Å²) in [5, 5.41) is 8.86. The summed E-state index contributed by atoms with van der Waals surface area (Å²) in [6.45, 7) is 5.67. The minimum Gasteiger partial charge on any atom is -0.341 e. The third kappa shape index (κ3) is 3.90. The van der Waals surface area contributed by atoms with Crippen molar-refractivity contribution in [1.82, 2.24) is 14.1 Å². The second-order valence-corrected chi connectivity index (χ2v) is 8.74. The molecule has 0 N–H and O–H groups in total. The minimum absolute atomic E-state index is 0.149. The Kier molecular flexibility index (Phi) is 5.49. The molecule has 0 unspecified atom stereocenters. The number of carbonyl (C=O) groups is 1. The van der Waals surface area contributed by atoms with Crippen molar-refractivity contribution < 1.29 is 4.79 Å². The summed E-state index contributed by atoms with van der Waals surface area (Å²) in [6.07, 6.45) is 5.17. The Balaban J connectivity index is 1.23. The fourth-order valence-electron chi connectivity index (χ4n) is 3.94. The lowest BCUT2D eigenvalue weighted by Crippen LogP contribution is -2.52. The highest BCUT2D eigenvalue weighted by Gasteiger charge is 2.37. The van der Waals surface area contributed by atoms with Crippen LogP contribution in [0.3, 0.4) is 0 Å². The van der Waals surface area contributed by atoms with Gasteiger partial charge in [-0.3, -0.25) is 9.69 Å². The Labute approximate surface area is 160 Å². The monoisotopic (exact) mass is 370 g/mol. The molecule has 3 fully saturated rings. The number of nitriles is 1. The first-order valence-corrected chi connectivity index (χ1v) is 10.5. The zero-order valence-electron chi connectivity index (χ0n) is 15.1. The Morgan fingerprint density at radius 3 is 2.46 bits per heavy atom. The van der Waals surface area contributed by atoms with Gasteiger partial charge in [-0.1, -0.05) is 6.42 Å². The maximum absolute atomic E-state index is 12.8. The van der Waals surface area contributed by atoms with Crippen LogP contribution in [0.25, 0.3) is 0 Å². The van der Waals surface area contributed by atoms with Gasteiger partial charge in [0.05, 0.1) is 17.6 Å². The molecule has 1 saturated carbocycles. The van der Waals surface area contributed by atoms with Gasteiger partial charge in [-0.15, -0.1) is 0 Å². The van der Waals surface area contributed by atoms with Crippen LogP contribution in [0.1, 0.15) is 31.2 Å². The third-order valence-corrected chi connectivity index (χ3v) is 6.89. The standard InChI is InChI=1S/C20H26N4OS/c21-13-16-5-7-19(8-6-16)26-24-14-17(15-24)20(25)23-10-2-9-22(11-12-23)18-3-1-4-18/h5-8,17-18H,1-4,9-12,14-15H2. The van der Waals surface area contributed by atoms with Crippen molar-refractivity contribution in [3.8, 4) is 6.07 Å². The SMILES string of the molecule is N#Cc1ccc(SN2CC(C(=O)N3CCCN(C4CCC4)CC3)C2)cc1. The van der Waals surface area contributed by atoms with E-state index in [1.54, 1.807) is 11.9 Å². The Morgan fingerprint density at radius 1 is 1.04 bits per heavy atom. The molecule has 2 aliphatic heterocycles. The largest absolute Gasteiger partial charge is 0.341 e. The van der Waals surface area contributed by atoms with E-state index in [0.717, 1.165) is 56.6 Å². The van der Waals surface area contributed by atoms with Crippen LogP contribution in [0.5, 0.6) is 0 Å². The van der Waals surface area contributed by atoms with Crippen molar-refractivity contribution >= 4 is 17.9 Å². The summed E-state index contributed by atoms with van der Waals surface area (Å²) in [6, 6.07) is 10.6. The van der Waals surface area contributed by atoms with Crippen LogP contribution in [-0.2, 0) is 4.79 Å². The second-order valence-electron chi connectivity index (χ2n) is 7.57. The molecule has 1 aromatic rings. The van der Waals surface area contributed by atoms with E-state index in [0.29, 0.717) is 11.5 Å². The predicted octanol–water partition coefficient (Wildman–Crippen LogP) is 2.58. The molecule has 4 rings (SSSR count). The number of rotatable bonds is 4. The average Bonchev–Trinajstić information content (AvgIpc) is 2.82. The molecule has 2 heterocycles. The first-order chi connectivity index (χ1) is 12.7. The normalized spacial score (nSPS) is 23.0. The summed E-state index contributed by atoms with van der Waals surface area (Å²) >= 11 is 1.68. The van der Waals surface area contributed by atoms with Crippen LogP contribution in [0.2, 0.25) is 0 Å². The highest BCUT2D eigenvalue weighted by molar-refractivity contribution is 7.97. The molecular formula is C20H26N4OS. The molecule has 0 aromatic heterocycles. The van der Waals surface area contributed by atoms with Gasteiger partial charge in [0.1, 0.15) is 0 Å². The van der Waals surface area contributed by atoms with E-state index in [1.165, 1.54) is 19.3 Å². The molecule has 0 spiro atoms. The van der Waals surface area contributed by atoms with E-state index in [1.807, 2.05) is 24.3 Å². The van der Waals surface area contributed by atoms with Crippen molar-refractivity contribution in [3.63, 3.8) is 0 Å². The van der Waals surface area contributed by atoms with Gasteiger partial charge >= 0.3 is 0 Å². The van der Waals surface area contributed by atoms with E-state index < -0.39 is 0 Å². The van der Waals surface area contributed by atoms with Gasteiger partial charge in [0, 0.05) is 50.2 Å². The molecule has 0 radical (unpaired) electrons. The molecule has 3 aliphatic rings. The van der Waals surface area contributed by atoms with Crippen molar-refractivity contribution in [2.45, 2.75) is 36.6 Å². The number of hydrogen-bond acceptors (Lipinski definition) is 5. The number of amides is 1. The summed E-state index contributed by atoms with van der Waals surface area (Å²) < 4.78 is 2.24. The maximum Gasteiger partial charge on any atom is 0.228 e. The molecular weight excluding hydrogens is 344 g/mol. The molecule has 5 nitrogen and oxygen atoms in total. The zero-order valence-corrected chi connectivity index (χ0v) is 16.0. The van der Waals surface area contributed by atoms with Crippen LogP contribution in [-0.4, -0.2) is 65.3 Å². The highest BCUT2D eigenvalue weighted by Crippen LogP contribution is 2.32. The predicted molar refractivity (Wildman–Crippen MR) is 102 cm³/mol. The van der Waals surface area contributed by atoms with E-state index in [4.69, 9.17) is 5.26 Å². The topological polar surface area (TPSA) is 50.6 Å². The molecule has 138 valence electrons. The fraction of sp³-hybridized carbons (Fsp3) is 0.600. The molecule has 0 bridgehead atoms. The molecule has 2 saturated heterocycles.